The number of nitrogens with one attached hydrogen (secondary N) is 2. The SMILES string of the molecule is CCC(C)n1c(SCC(=O)NCc2cccc(NC(C)=O)c2)nnc1-c1ccccc1. The Morgan fingerprint density at radius 2 is 1.87 bits per heavy atom. The number of carbonyl (C=O) groups is 2. The van der Waals surface area contributed by atoms with Crippen LogP contribution in [0, 0.1) is 0 Å². The maximum atomic E-state index is 12.4. The quantitative estimate of drug-likeness (QED) is 0.488. The van der Waals surface area contributed by atoms with Gasteiger partial charge in [0, 0.05) is 30.8 Å². The largest absolute Gasteiger partial charge is 0.351 e. The third-order valence-electron chi connectivity index (χ3n) is 4.80. The van der Waals surface area contributed by atoms with Gasteiger partial charge in [-0.3, -0.25) is 14.2 Å². The van der Waals surface area contributed by atoms with Gasteiger partial charge in [0.05, 0.1) is 5.75 Å². The molecule has 3 rings (SSSR count). The highest BCUT2D eigenvalue weighted by Crippen LogP contribution is 2.28. The Morgan fingerprint density at radius 3 is 2.58 bits per heavy atom. The molecule has 8 heteroatoms. The number of aromatic nitrogens is 3. The minimum atomic E-state index is -0.127. The van der Waals surface area contributed by atoms with Crippen molar-refractivity contribution in [2.45, 2.75) is 44.9 Å². The van der Waals surface area contributed by atoms with Crippen molar-refractivity contribution in [2.24, 2.45) is 0 Å². The van der Waals surface area contributed by atoms with Gasteiger partial charge in [-0.25, -0.2) is 0 Å². The summed E-state index contributed by atoms with van der Waals surface area (Å²) in [5.74, 6) is 0.842. The number of hydrogen-bond acceptors (Lipinski definition) is 5. The van der Waals surface area contributed by atoms with Crippen LogP contribution in [-0.2, 0) is 16.1 Å². The van der Waals surface area contributed by atoms with Crippen LogP contribution >= 0.6 is 11.8 Å². The monoisotopic (exact) mass is 437 g/mol. The number of rotatable bonds is 9. The fourth-order valence-corrected chi connectivity index (χ4v) is 3.95. The molecule has 2 amide bonds. The van der Waals surface area contributed by atoms with Crippen molar-refractivity contribution >= 4 is 29.3 Å². The molecule has 1 heterocycles. The molecule has 7 nitrogen and oxygen atoms in total. The summed E-state index contributed by atoms with van der Waals surface area (Å²) < 4.78 is 2.10. The molecule has 0 saturated heterocycles. The zero-order valence-corrected chi connectivity index (χ0v) is 18.8. The third-order valence-corrected chi connectivity index (χ3v) is 5.74. The maximum Gasteiger partial charge on any atom is 0.230 e. The Kier molecular flexibility index (Phi) is 7.83. The Bertz CT molecular complexity index is 1040. The first-order valence-corrected chi connectivity index (χ1v) is 11.2. The standard InChI is InChI=1S/C23H27N5O2S/c1-4-16(2)28-22(19-10-6-5-7-11-19)26-27-23(28)31-15-21(30)24-14-18-9-8-12-20(13-18)25-17(3)29/h5-13,16H,4,14-15H2,1-3H3,(H,24,30)(H,25,29). The molecule has 1 unspecified atom stereocenters. The third kappa shape index (κ3) is 6.18. The number of anilines is 1. The minimum Gasteiger partial charge on any atom is -0.351 e. The molecule has 0 aliphatic rings. The molecule has 0 saturated carbocycles. The molecule has 0 aliphatic carbocycles. The average molecular weight is 438 g/mol. The molecule has 0 bridgehead atoms. The van der Waals surface area contributed by atoms with Crippen molar-refractivity contribution in [3.05, 3.63) is 60.2 Å². The highest BCUT2D eigenvalue weighted by molar-refractivity contribution is 7.99. The summed E-state index contributed by atoms with van der Waals surface area (Å²) in [4.78, 5) is 23.6. The van der Waals surface area contributed by atoms with Crippen molar-refractivity contribution in [3.63, 3.8) is 0 Å². The Balaban J connectivity index is 1.63. The lowest BCUT2D eigenvalue weighted by Gasteiger charge is -2.16. The first kappa shape index (κ1) is 22.6. The lowest BCUT2D eigenvalue weighted by Crippen LogP contribution is -2.25. The molecule has 162 valence electrons. The predicted octanol–water partition coefficient (Wildman–Crippen LogP) is 4.28. The molecular formula is C23H27N5O2S. The van der Waals surface area contributed by atoms with E-state index in [1.807, 2.05) is 54.6 Å². The van der Waals surface area contributed by atoms with Gasteiger partial charge in [0.2, 0.25) is 11.8 Å². The molecular weight excluding hydrogens is 410 g/mol. The molecule has 0 spiro atoms. The molecule has 2 N–H and O–H groups in total. The lowest BCUT2D eigenvalue weighted by atomic mass is 10.2. The van der Waals surface area contributed by atoms with Crippen LogP contribution in [0.2, 0.25) is 0 Å². The van der Waals surface area contributed by atoms with E-state index in [0.717, 1.165) is 28.5 Å². The number of thioether (sulfide) groups is 1. The number of benzene rings is 2. The fourth-order valence-electron chi connectivity index (χ4n) is 3.08. The maximum absolute atomic E-state index is 12.4. The highest BCUT2D eigenvalue weighted by Gasteiger charge is 2.19. The van der Waals surface area contributed by atoms with Gasteiger partial charge < -0.3 is 10.6 Å². The summed E-state index contributed by atoms with van der Waals surface area (Å²) in [7, 11) is 0. The highest BCUT2D eigenvalue weighted by atomic mass is 32.2. The number of hydrogen-bond donors (Lipinski definition) is 2. The Labute approximate surface area is 186 Å². The second-order valence-electron chi connectivity index (χ2n) is 7.25. The van der Waals surface area contributed by atoms with Crippen LogP contribution in [0.5, 0.6) is 0 Å². The van der Waals surface area contributed by atoms with Crippen molar-refractivity contribution in [3.8, 4) is 11.4 Å². The molecule has 3 aromatic rings. The van der Waals surface area contributed by atoms with E-state index in [4.69, 9.17) is 0 Å². The second kappa shape index (κ2) is 10.8. The van der Waals surface area contributed by atoms with E-state index in [2.05, 4.69) is 39.2 Å². The van der Waals surface area contributed by atoms with Crippen LogP contribution in [0.1, 0.15) is 38.8 Å². The summed E-state index contributed by atoms with van der Waals surface area (Å²) in [5.41, 5.74) is 2.63. The zero-order chi connectivity index (χ0) is 22.2. The van der Waals surface area contributed by atoms with E-state index in [1.165, 1.54) is 18.7 Å². The van der Waals surface area contributed by atoms with Gasteiger partial charge in [-0.15, -0.1) is 10.2 Å². The van der Waals surface area contributed by atoms with E-state index >= 15 is 0 Å². The normalized spacial score (nSPS) is 11.7. The lowest BCUT2D eigenvalue weighted by molar-refractivity contribution is -0.118. The van der Waals surface area contributed by atoms with Crippen LogP contribution in [0.4, 0.5) is 5.69 Å². The number of carbonyl (C=O) groups excluding carboxylic acids is 2. The number of amides is 2. The van der Waals surface area contributed by atoms with Gasteiger partial charge in [-0.2, -0.15) is 0 Å². The second-order valence-corrected chi connectivity index (χ2v) is 8.19. The van der Waals surface area contributed by atoms with Crippen LogP contribution in [0.15, 0.2) is 59.8 Å². The summed E-state index contributed by atoms with van der Waals surface area (Å²) in [5, 5.41) is 15.1. The van der Waals surface area contributed by atoms with Gasteiger partial charge in [-0.05, 0) is 31.0 Å². The van der Waals surface area contributed by atoms with Crippen LogP contribution < -0.4 is 10.6 Å². The van der Waals surface area contributed by atoms with E-state index in [9.17, 15) is 9.59 Å². The first-order valence-electron chi connectivity index (χ1n) is 10.2. The Hall–Kier alpha value is -3.13. The van der Waals surface area contributed by atoms with Crippen LogP contribution in [-0.4, -0.2) is 32.3 Å². The summed E-state index contributed by atoms with van der Waals surface area (Å²) in [6.07, 6.45) is 0.933. The van der Waals surface area contributed by atoms with Crippen LogP contribution in [0.25, 0.3) is 11.4 Å². The topological polar surface area (TPSA) is 88.9 Å². The molecule has 0 aliphatic heterocycles. The number of nitrogens with zero attached hydrogens (tertiary/aromatic N) is 3. The average Bonchev–Trinajstić information content (AvgIpc) is 3.20. The van der Waals surface area contributed by atoms with Crippen molar-refractivity contribution in [1.82, 2.24) is 20.1 Å². The molecule has 0 radical (unpaired) electrons. The molecule has 0 fully saturated rings. The first-order chi connectivity index (χ1) is 15.0. The van der Waals surface area contributed by atoms with Crippen molar-refractivity contribution < 1.29 is 9.59 Å². The zero-order valence-electron chi connectivity index (χ0n) is 18.0. The van der Waals surface area contributed by atoms with Gasteiger partial charge in [0.25, 0.3) is 0 Å². The van der Waals surface area contributed by atoms with E-state index in [-0.39, 0.29) is 23.6 Å². The molecule has 31 heavy (non-hydrogen) atoms. The smallest absolute Gasteiger partial charge is 0.230 e. The summed E-state index contributed by atoms with van der Waals surface area (Å²) in [6.45, 7) is 6.10. The fraction of sp³-hybridized carbons (Fsp3) is 0.304. The van der Waals surface area contributed by atoms with E-state index in [0.29, 0.717) is 12.2 Å². The van der Waals surface area contributed by atoms with Crippen molar-refractivity contribution in [2.75, 3.05) is 11.1 Å². The predicted molar refractivity (Wildman–Crippen MR) is 124 cm³/mol. The molecule has 2 aromatic carbocycles. The van der Waals surface area contributed by atoms with Crippen molar-refractivity contribution in [1.29, 1.82) is 0 Å². The summed E-state index contributed by atoms with van der Waals surface area (Å²) >= 11 is 1.38. The van der Waals surface area contributed by atoms with Gasteiger partial charge >= 0.3 is 0 Å². The van der Waals surface area contributed by atoms with Gasteiger partial charge in [0.1, 0.15) is 0 Å². The van der Waals surface area contributed by atoms with Crippen LogP contribution in [0.3, 0.4) is 0 Å². The molecule has 1 aromatic heterocycles. The van der Waals surface area contributed by atoms with Gasteiger partial charge in [-0.1, -0.05) is 61.2 Å². The van der Waals surface area contributed by atoms with E-state index < -0.39 is 0 Å². The Morgan fingerprint density at radius 1 is 1.10 bits per heavy atom. The molecule has 1 atom stereocenters. The minimum absolute atomic E-state index is 0.0881. The van der Waals surface area contributed by atoms with E-state index in [1.54, 1.807) is 0 Å². The summed E-state index contributed by atoms with van der Waals surface area (Å²) in [6, 6.07) is 17.6. The van der Waals surface area contributed by atoms with Gasteiger partial charge in [0.15, 0.2) is 11.0 Å².